The summed E-state index contributed by atoms with van der Waals surface area (Å²) in [5.74, 6) is -0.773. The molecular weight excluding hydrogens is 334 g/mol. The summed E-state index contributed by atoms with van der Waals surface area (Å²) < 4.78 is 0.870. The number of carboxylic acid groups (broad SMARTS) is 1. The van der Waals surface area contributed by atoms with Gasteiger partial charge < -0.3 is 15.5 Å². The number of aromatic hydroxyl groups is 1. The number of aliphatic carboxylic acids is 1. The van der Waals surface area contributed by atoms with Crippen molar-refractivity contribution in [2.24, 2.45) is 0 Å². The molecule has 0 radical (unpaired) electrons. The number of hydrogen-bond donors (Lipinski definition) is 3. The molecule has 3 N–H and O–H groups in total. The fourth-order valence-electron chi connectivity index (χ4n) is 2.19. The fourth-order valence-corrected chi connectivity index (χ4v) is 2.59. The number of carboxylic acids is 1. The van der Waals surface area contributed by atoms with Crippen LogP contribution in [-0.2, 0) is 4.79 Å². The van der Waals surface area contributed by atoms with E-state index in [9.17, 15) is 15.0 Å². The number of nitrogens with one attached hydrogen (secondary N) is 1. The summed E-state index contributed by atoms with van der Waals surface area (Å²) in [6.07, 6.45) is 0. The predicted octanol–water partition coefficient (Wildman–Crippen LogP) is 4.01. The lowest BCUT2D eigenvalue weighted by Crippen LogP contribution is -2.20. The first kappa shape index (κ1) is 15.4. The Balaban J connectivity index is 2.38. The Morgan fingerprint density at radius 3 is 2.33 bits per heavy atom. The molecular formula is C16H16BrNO3. The van der Waals surface area contributed by atoms with E-state index in [1.165, 1.54) is 0 Å². The number of phenolic OH excluding ortho intramolecular Hbond substituents is 1. The summed E-state index contributed by atoms with van der Waals surface area (Å²) in [6, 6.07) is 9.82. The van der Waals surface area contributed by atoms with E-state index >= 15 is 0 Å². The highest BCUT2D eigenvalue weighted by Gasteiger charge is 2.21. The molecule has 5 heteroatoms. The lowest BCUT2D eigenvalue weighted by atomic mass is 10.00. The van der Waals surface area contributed by atoms with Crippen molar-refractivity contribution in [3.63, 3.8) is 0 Å². The molecule has 21 heavy (non-hydrogen) atoms. The number of rotatable bonds is 4. The van der Waals surface area contributed by atoms with Crippen LogP contribution in [0.3, 0.4) is 0 Å². The summed E-state index contributed by atoms with van der Waals surface area (Å²) >= 11 is 3.36. The second-order valence-corrected chi connectivity index (χ2v) is 5.84. The molecule has 1 unspecified atom stereocenters. The molecule has 2 aromatic rings. The minimum atomic E-state index is -0.973. The quantitative estimate of drug-likeness (QED) is 0.779. The van der Waals surface area contributed by atoms with Gasteiger partial charge in [-0.3, -0.25) is 0 Å². The van der Waals surface area contributed by atoms with E-state index < -0.39 is 12.0 Å². The molecule has 0 amide bonds. The molecule has 1 atom stereocenters. The number of carbonyl (C=O) groups is 1. The van der Waals surface area contributed by atoms with Crippen molar-refractivity contribution in [2.45, 2.75) is 19.9 Å². The molecule has 2 rings (SSSR count). The van der Waals surface area contributed by atoms with Crippen LogP contribution in [0, 0.1) is 13.8 Å². The standard InChI is InChI=1S/C16H16BrNO3/c1-9-6-11(7-10(2)15(9)19)14(16(20)21)18-13-5-3-4-12(17)8-13/h3-8,14,18-19H,1-2H3,(H,20,21). The lowest BCUT2D eigenvalue weighted by molar-refractivity contribution is -0.138. The van der Waals surface area contributed by atoms with Crippen molar-refractivity contribution in [1.82, 2.24) is 0 Å². The average molecular weight is 350 g/mol. The molecule has 110 valence electrons. The van der Waals surface area contributed by atoms with E-state index in [1.54, 1.807) is 32.0 Å². The molecule has 0 heterocycles. The molecule has 0 bridgehead atoms. The van der Waals surface area contributed by atoms with Gasteiger partial charge in [-0.2, -0.15) is 0 Å². The van der Waals surface area contributed by atoms with Crippen LogP contribution in [0.5, 0.6) is 5.75 Å². The van der Waals surface area contributed by atoms with Crippen LogP contribution in [0.4, 0.5) is 5.69 Å². The zero-order valence-corrected chi connectivity index (χ0v) is 13.3. The van der Waals surface area contributed by atoms with Crippen LogP contribution in [-0.4, -0.2) is 16.2 Å². The summed E-state index contributed by atoms with van der Waals surface area (Å²) in [4.78, 5) is 11.6. The Morgan fingerprint density at radius 1 is 1.19 bits per heavy atom. The highest BCUT2D eigenvalue weighted by Crippen LogP contribution is 2.28. The maximum Gasteiger partial charge on any atom is 0.330 e. The number of phenols is 1. The Kier molecular flexibility index (Phi) is 4.53. The summed E-state index contributed by atoms with van der Waals surface area (Å²) in [6.45, 7) is 3.51. The van der Waals surface area contributed by atoms with Gasteiger partial charge in [0.15, 0.2) is 6.04 Å². The Labute approximate surface area is 131 Å². The third kappa shape index (κ3) is 3.55. The molecule has 0 fully saturated rings. The van der Waals surface area contributed by atoms with Gasteiger partial charge in [0.25, 0.3) is 0 Å². The van der Waals surface area contributed by atoms with Gasteiger partial charge in [-0.1, -0.05) is 22.0 Å². The maximum absolute atomic E-state index is 11.6. The van der Waals surface area contributed by atoms with Crippen LogP contribution < -0.4 is 5.32 Å². The smallest absolute Gasteiger partial charge is 0.330 e. The van der Waals surface area contributed by atoms with Crippen molar-refractivity contribution in [1.29, 1.82) is 0 Å². The molecule has 0 aromatic heterocycles. The fraction of sp³-hybridized carbons (Fsp3) is 0.188. The predicted molar refractivity (Wildman–Crippen MR) is 85.7 cm³/mol. The van der Waals surface area contributed by atoms with Gasteiger partial charge in [0.2, 0.25) is 0 Å². The van der Waals surface area contributed by atoms with Gasteiger partial charge in [-0.05, 0) is 60.9 Å². The Bertz CT molecular complexity index is 662. The van der Waals surface area contributed by atoms with Gasteiger partial charge in [0, 0.05) is 10.2 Å². The minimum Gasteiger partial charge on any atom is -0.507 e. The maximum atomic E-state index is 11.6. The number of aryl methyl sites for hydroxylation is 2. The highest BCUT2D eigenvalue weighted by atomic mass is 79.9. The molecule has 4 nitrogen and oxygen atoms in total. The molecule has 0 saturated carbocycles. The van der Waals surface area contributed by atoms with Crippen molar-refractivity contribution >= 4 is 27.6 Å². The molecule has 0 saturated heterocycles. The van der Waals surface area contributed by atoms with Crippen LogP contribution in [0.1, 0.15) is 22.7 Å². The van der Waals surface area contributed by atoms with Crippen molar-refractivity contribution in [3.05, 3.63) is 57.6 Å². The van der Waals surface area contributed by atoms with Crippen LogP contribution >= 0.6 is 15.9 Å². The van der Waals surface area contributed by atoms with Gasteiger partial charge in [-0.15, -0.1) is 0 Å². The Hall–Kier alpha value is -2.01. The van der Waals surface area contributed by atoms with E-state index in [0.29, 0.717) is 22.4 Å². The SMILES string of the molecule is Cc1cc(C(Nc2cccc(Br)c2)C(=O)O)cc(C)c1O. The van der Waals surface area contributed by atoms with Crippen molar-refractivity contribution in [3.8, 4) is 5.75 Å². The first-order valence-electron chi connectivity index (χ1n) is 6.43. The number of anilines is 1. The molecule has 0 spiro atoms. The summed E-state index contributed by atoms with van der Waals surface area (Å²) in [7, 11) is 0. The van der Waals surface area contributed by atoms with Gasteiger partial charge in [0.05, 0.1) is 0 Å². The monoisotopic (exact) mass is 349 g/mol. The Morgan fingerprint density at radius 2 is 1.81 bits per heavy atom. The van der Waals surface area contributed by atoms with E-state index in [1.807, 2.05) is 18.2 Å². The van der Waals surface area contributed by atoms with Crippen LogP contribution in [0.2, 0.25) is 0 Å². The molecule has 2 aromatic carbocycles. The minimum absolute atomic E-state index is 0.199. The van der Waals surface area contributed by atoms with E-state index in [2.05, 4.69) is 21.2 Å². The highest BCUT2D eigenvalue weighted by molar-refractivity contribution is 9.10. The van der Waals surface area contributed by atoms with E-state index in [-0.39, 0.29) is 5.75 Å². The largest absolute Gasteiger partial charge is 0.507 e. The third-order valence-corrected chi connectivity index (χ3v) is 3.72. The van der Waals surface area contributed by atoms with Crippen LogP contribution in [0.25, 0.3) is 0 Å². The molecule has 0 aliphatic heterocycles. The first-order chi connectivity index (χ1) is 9.88. The second-order valence-electron chi connectivity index (χ2n) is 4.93. The molecule has 0 aliphatic carbocycles. The number of benzene rings is 2. The summed E-state index contributed by atoms with van der Waals surface area (Å²) in [5.41, 5.74) is 2.63. The van der Waals surface area contributed by atoms with Crippen molar-refractivity contribution < 1.29 is 15.0 Å². The number of halogens is 1. The summed E-state index contributed by atoms with van der Waals surface area (Å²) in [5, 5.41) is 22.3. The third-order valence-electron chi connectivity index (χ3n) is 3.23. The lowest BCUT2D eigenvalue weighted by Gasteiger charge is -2.18. The second kappa shape index (κ2) is 6.18. The zero-order valence-electron chi connectivity index (χ0n) is 11.7. The van der Waals surface area contributed by atoms with Gasteiger partial charge in [-0.25, -0.2) is 4.79 Å². The average Bonchev–Trinajstić information content (AvgIpc) is 2.41. The number of hydrogen-bond acceptors (Lipinski definition) is 3. The van der Waals surface area contributed by atoms with Crippen molar-refractivity contribution in [2.75, 3.05) is 5.32 Å². The zero-order chi connectivity index (χ0) is 15.6. The van der Waals surface area contributed by atoms with Gasteiger partial charge in [0.1, 0.15) is 5.75 Å². The normalized spacial score (nSPS) is 12.0. The molecule has 0 aliphatic rings. The van der Waals surface area contributed by atoms with E-state index in [0.717, 1.165) is 4.47 Å². The van der Waals surface area contributed by atoms with Gasteiger partial charge >= 0.3 is 5.97 Å². The first-order valence-corrected chi connectivity index (χ1v) is 7.23. The van der Waals surface area contributed by atoms with Crippen LogP contribution in [0.15, 0.2) is 40.9 Å². The van der Waals surface area contributed by atoms with E-state index in [4.69, 9.17) is 0 Å². The topological polar surface area (TPSA) is 69.6 Å².